The highest BCUT2D eigenvalue weighted by Gasteiger charge is 2.57. The molecule has 0 spiro atoms. The van der Waals surface area contributed by atoms with Gasteiger partial charge in [0, 0.05) is 6.61 Å². The zero-order valence-corrected chi connectivity index (χ0v) is 16.1. The standard InChI is InChI=1S/C21H36O3/c1-15(11-14-22)7-9-17-16(2)8-10-18-20(17,3)12-6-13-21(18,4)19(23)24-5/h15,17-18,22H,2,6-14H2,1,3-5H3. The molecule has 24 heavy (non-hydrogen) atoms. The monoisotopic (exact) mass is 336 g/mol. The molecule has 5 atom stereocenters. The molecule has 2 rings (SSSR count). The molecule has 138 valence electrons. The van der Waals surface area contributed by atoms with Gasteiger partial charge in [-0.2, -0.15) is 0 Å². The molecule has 1 N–H and O–H groups in total. The summed E-state index contributed by atoms with van der Waals surface area (Å²) < 4.78 is 5.19. The van der Waals surface area contributed by atoms with Gasteiger partial charge in [-0.05, 0) is 68.6 Å². The predicted molar refractivity (Wildman–Crippen MR) is 97.5 cm³/mol. The maximum atomic E-state index is 12.6. The molecule has 0 amide bonds. The molecule has 2 saturated carbocycles. The quantitative estimate of drug-likeness (QED) is 0.563. The van der Waals surface area contributed by atoms with Crippen molar-refractivity contribution >= 4 is 5.97 Å². The number of allylic oxidation sites excluding steroid dienone is 1. The van der Waals surface area contributed by atoms with Crippen molar-refractivity contribution in [1.29, 1.82) is 0 Å². The van der Waals surface area contributed by atoms with E-state index >= 15 is 0 Å². The first kappa shape index (κ1) is 19.5. The van der Waals surface area contributed by atoms with Crippen LogP contribution in [0.15, 0.2) is 12.2 Å². The second kappa shape index (κ2) is 7.59. The lowest BCUT2D eigenvalue weighted by molar-refractivity contribution is -0.168. The summed E-state index contributed by atoms with van der Waals surface area (Å²) in [5.74, 6) is 1.39. The molecule has 3 heteroatoms. The molecule has 0 aliphatic heterocycles. The van der Waals surface area contributed by atoms with Crippen molar-refractivity contribution in [3.63, 3.8) is 0 Å². The highest BCUT2D eigenvalue weighted by molar-refractivity contribution is 5.77. The lowest BCUT2D eigenvalue weighted by Crippen LogP contribution is -2.53. The van der Waals surface area contributed by atoms with Gasteiger partial charge >= 0.3 is 5.97 Å². The van der Waals surface area contributed by atoms with Crippen LogP contribution in [0.25, 0.3) is 0 Å². The van der Waals surface area contributed by atoms with E-state index in [1.807, 2.05) is 0 Å². The van der Waals surface area contributed by atoms with Crippen LogP contribution < -0.4 is 0 Å². The lowest BCUT2D eigenvalue weighted by Gasteiger charge is -2.57. The van der Waals surface area contributed by atoms with Gasteiger partial charge < -0.3 is 9.84 Å². The Morgan fingerprint density at radius 2 is 2.08 bits per heavy atom. The fourth-order valence-corrected chi connectivity index (χ4v) is 5.78. The lowest BCUT2D eigenvalue weighted by atomic mass is 9.46. The van der Waals surface area contributed by atoms with Gasteiger partial charge in [-0.3, -0.25) is 4.79 Å². The second-order valence-corrected chi connectivity index (χ2v) is 8.77. The van der Waals surface area contributed by atoms with Crippen LogP contribution in [0.3, 0.4) is 0 Å². The van der Waals surface area contributed by atoms with E-state index in [0.29, 0.717) is 17.8 Å². The molecule has 0 bridgehead atoms. The molecule has 0 heterocycles. The Morgan fingerprint density at radius 3 is 2.71 bits per heavy atom. The van der Waals surface area contributed by atoms with E-state index in [9.17, 15) is 4.79 Å². The Morgan fingerprint density at radius 1 is 1.38 bits per heavy atom. The number of fused-ring (bicyclic) bond motifs is 1. The first-order valence-corrected chi connectivity index (χ1v) is 9.66. The molecule has 2 aliphatic carbocycles. The van der Waals surface area contributed by atoms with Crippen LogP contribution in [0.1, 0.15) is 72.1 Å². The van der Waals surface area contributed by atoms with Crippen molar-refractivity contribution in [2.45, 2.75) is 72.1 Å². The summed E-state index contributed by atoms with van der Waals surface area (Å²) in [5, 5.41) is 9.15. The number of rotatable bonds is 6. The Labute approximate surface area is 147 Å². The van der Waals surface area contributed by atoms with Gasteiger partial charge in [-0.15, -0.1) is 0 Å². The molecule has 0 saturated heterocycles. The van der Waals surface area contributed by atoms with Crippen molar-refractivity contribution in [2.24, 2.45) is 28.6 Å². The summed E-state index contributed by atoms with van der Waals surface area (Å²) in [4.78, 5) is 12.6. The van der Waals surface area contributed by atoms with Crippen molar-refractivity contribution in [1.82, 2.24) is 0 Å². The largest absolute Gasteiger partial charge is 0.469 e. The van der Waals surface area contributed by atoms with E-state index in [-0.39, 0.29) is 23.4 Å². The first-order valence-electron chi connectivity index (χ1n) is 9.66. The number of aliphatic hydroxyl groups is 1. The SMILES string of the molecule is C=C1CCC2C(C)(C(=O)OC)CCCC2(C)C1CCC(C)CCO. The summed E-state index contributed by atoms with van der Waals surface area (Å²) in [7, 11) is 1.52. The molecule has 0 aromatic carbocycles. The maximum absolute atomic E-state index is 12.6. The van der Waals surface area contributed by atoms with Crippen molar-refractivity contribution in [3.05, 3.63) is 12.2 Å². The Hall–Kier alpha value is -0.830. The Balaban J connectivity index is 2.22. The van der Waals surface area contributed by atoms with E-state index in [1.54, 1.807) is 0 Å². The molecule has 0 aromatic heterocycles. The predicted octanol–water partition coefficient (Wildman–Crippen LogP) is 4.74. The first-order chi connectivity index (χ1) is 11.3. The van der Waals surface area contributed by atoms with Crippen LogP contribution in [0, 0.1) is 28.6 Å². The van der Waals surface area contributed by atoms with Crippen molar-refractivity contribution < 1.29 is 14.6 Å². The summed E-state index contributed by atoms with van der Waals surface area (Å²) in [5.41, 5.74) is 1.17. The van der Waals surface area contributed by atoms with Crippen molar-refractivity contribution in [2.75, 3.05) is 13.7 Å². The summed E-state index contributed by atoms with van der Waals surface area (Å²) in [6.45, 7) is 11.4. The summed E-state index contributed by atoms with van der Waals surface area (Å²) in [6, 6.07) is 0. The fourth-order valence-electron chi connectivity index (χ4n) is 5.78. The number of hydrogen-bond acceptors (Lipinski definition) is 3. The third kappa shape index (κ3) is 3.42. The minimum absolute atomic E-state index is 0.0293. The van der Waals surface area contributed by atoms with Gasteiger partial charge in [-0.25, -0.2) is 0 Å². The van der Waals surface area contributed by atoms with Crippen molar-refractivity contribution in [3.8, 4) is 0 Å². The zero-order chi connectivity index (χ0) is 18.0. The Kier molecular flexibility index (Phi) is 6.17. The van der Waals surface area contributed by atoms with Gasteiger partial charge in [0.05, 0.1) is 12.5 Å². The third-order valence-corrected chi connectivity index (χ3v) is 7.24. The molecule has 3 nitrogen and oxygen atoms in total. The minimum Gasteiger partial charge on any atom is -0.469 e. The van der Waals surface area contributed by atoms with Crippen LogP contribution in [0.4, 0.5) is 0 Å². The van der Waals surface area contributed by atoms with Crippen LogP contribution in [-0.2, 0) is 9.53 Å². The number of methoxy groups -OCH3 is 1. The van der Waals surface area contributed by atoms with E-state index in [1.165, 1.54) is 19.1 Å². The smallest absolute Gasteiger partial charge is 0.311 e. The number of carbonyl (C=O) groups is 1. The van der Waals surface area contributed by atoms with E-state index < -0.39 is 0 Å². The molecule has 2 aliphatic rings. The Bertz CT molecular complexity index is 472. The normalized spacial score (nSPS) is 37.6. The van der Waals surface area contributed by atoms with Crippen LogP contribution >= 0.6 is 0 Å². The van der Waals surface area contributed by atoms with Gasteiger partial charge in [-0.1, -0.05) is 38.8 Å². The number of ether oxygens (including phenoxy) is 1. The fraction of sp³-hybridized carbons (Fsp3) is 0.857. The number of carbonyl (C=O) groups excluding carboxylic acids is 1. The molecular weight excluding hydrogens is 300 g/mol. The summed E-state index contributed by atoms with van der Waals surface area (Å²) >= 11 is 0. The third-order valence-electron chi connectivity index (χ3n) is 7.24. The van der Waals surface area contributed by atoms with E-state index in [2.05, 4.69) is 27.4 Å². The van der Waals surface area contributed by atoms with E-state index in [4.69, 9.17) is 9.84 Å². The average molecular weight is 337 g/mol. The molecule has 0 aromatic rings. The molecular formula is C21H36O3. The van der Waals surface area contributed by atoms with Crippen LogP contribution in [-0.4, -0.2) is 24.8 Å². The van der Waals surface area contributed by atoms with E-state index in [0.717, 1.165) is 44.9 Å². The zero-order valence-electron chi connectivity index (χ0n) is 16.1. The summed E-state index contributed by atoms with van der Waals surface area (Å²) in [6.07, 6.45) is 8.44. The average Bonchev–Trinajstić information content (AvgIpc) is 2.53. The highest BCUT2D eigenvalue weighted by Crippen LogP contribution is 2.62. The molecule has 5 unspecified atom stereocenters. The topological polar surface area (TPSA) is 46.5 Å². The number of hydrogen-bond donors (Lipinski definition) is 1. The second-order valence-electron chi connectivity index (χ2n) is 8.77. The maximum Gasteiger partial charge on any atom is 0.311 e. The van der Waals surface area contributed by atoms with Gasteiger partial charge in [0.1, 0.15) is 0 Å². The molecule has 2 fully saturated rings. The van der Waals surface area contributed by atoms with Gasteiger partial charge in [0.25, 0.3) is 0 Å². The van der Waals surface area contributed by atoms with Crippen LogP contribution in [0.2, 0.25) is 0 Å². The van der Waals surface area contributed by atoms with Crippen LogP contribution in [0.5, 0.6) is 0 Å². The molecule has 0 radical (unpaired) electrons. The minimum atomic E-state index is -0.350. The number of esters is 1. The van der Waals surface area contributed by atoms with Gasteiger partial charge in [0.2, 0.25) is 0 Å². The highest BCUT2D eigenvalue weighted by atomic mass is 16.5. The number of aliphatic hydroxyl groups excluding tert-OH is 1. The van der Waals surface area contributed by atoms with Gasteiger partial charge in [0.15, 0.2) is 0 Å².